The van der Waals surface area contributed by atoms with E-state index in [0.717, 1.165) is 0 Å². The van der Waals surface area contributed by atoms with Gasteiger partial charge in [-0.25, -0.2) is 0 Å². The minimum absolute atomic E-state index is 0.0309. The lowest BCUT2D eigenvalue weighted by molar-refractivity contribution is 0.591. The first-order chi connectivity index (χ1) is 28.0. The molecule has 0 N–H and O–H groups in total. The van der Waals surface area contributed by atoms with Crippen LogP contribution in [-0.2, 0) is 5.41 Å². The highest BCUT2D eigenvalue weighted by Gasteiger charge is 2.22. The van der Waals surface area contributed by atoms with E-state index in [1.54, 1.807) is 0 Å². The number of aryl methyl sites for hydroxylation is 4. The standard InChI is InChI=1S/C58H50/c1-37-14-10-18-41(26-37)45-30-46(42-19-11-15-38(2)27-42)33-49(32-45)56-52-22-8-9-23-53(52)57(55-36-51(58(5,6)7)24-25-54(55)56)50-34-47(43-20-12-16-39(3)28-43)31-48(35-50)44-21-13-17-40(4)29-44/h8-36H,1-7H3. The van der Waals surface area contributed by atoms with Gasteiger partial charge >= 0.3 is 0 Å². The zero-order valence-electron chi connectivity index (χ0n) is 34.7. The van der Waals surface area contributed by atoms with E-state index in [2.05, 4.69) is 224 Å². The van der Waals surface area contributed by atoms with Crippen LogP contribution in [0.15, 0.2) is 176 Å². The molecule has 0 radical (unpaired) electrons. The Morgan fingerprint density at radius 2 is 0.586 bits per heavy atom. The second-order valence-corrected chi connectivity index (χ2v) is 17.4. The smallest absolute Gasteiger partial charge is 0.00258 e. The largest absolute Gasteiger partial charge is 0.0616 e. The molecule has 0 atom stereocenters. The molecular weight excluding hydrogens is 697 g/mol. The first-order valence-corrected chi connectivity index (χ1v) is 20.6. The molecule has 0 heteroatoms. The molecule has 0 saturated carbocycles. The molecule has 9 aromatic rings. The van der Waals surface area contributed by atoms with Crippen LogP contribution in [0.25, 0.3) is 88.3 Å². The Bertz CT molecular complexity index is 2890. The summed E-state index contributed by atoms with van der Waals surface area (Å²) < 4.78 is 0. The van der Waals surface area contributed by atoms with Crippen molar-refractivity contribution in [1.29, 1.82) is 0 Å². The molecule has 9 rings (SSSR count). The average molecular weight is 747 g/mol. The van der Waals surface area contributed by atoms with Gasteiger partial charge in [0.2, 0.25) is 0 Å². The number of rotatable bonds is 6. The monoisotopic (exact) mass is 746 g/mol. The topological polar surface area (TPSA) is 0 Å². The second-order valence-electron chi connectivity index (χ2n) is 17.4. The summed E-state index contributed by atoms with van der Waals surface area (Å²) in [5, 5.41) is 5.04. The molecule has 9 aromatic carbocycles. The van der Waals surface area contributed by atoms with Crippen LogP contribution in [-0.4, -0.2) is 0 Å². The van der Waals surface area contributed by atoms with Gasteiger partial charge < -0.3 is 0 Å². The summed E-state index contributed by atoms with van der Waals surface area (Å²) >= 11 is 0. The summed E-state index contributed by atoms with van der Waals surface area (Å²) in [7, 11) is 0. The van der Waals surface area contributed by atoms with Gasteiger partial charge in [-0.1, -0.05) is 176 Å². The summed E-state index contributed by atoms with van der Waals surface area (Å²) in [5.41, 5.74) is 21.1. The maximum atomic E-state index is 2.48. The highest BCUT2D eigenvalue weighted by Crippen LogP contribution is 2.47. The highest BCUT2D eigenvalue weighted by atomic mass is 14.3. The van der Waals surface area contributed by atoms with Crippen LogP contribution in [0.5, 0.6) is 0 Å². The Balaban J connectivity index is 1.40. The lowest BCUT2D eigenvalue weighted by Gasteiger charge is -2.24. The molecule has 0 nitrogen and oxygen atoms in total. The van der Waals surface area contributed by atoms with Crippen LogP contribution in [0.2, 0.25) is 0 Å². The maximum absolute atomic E-state index is 2.48. The Labute approximate surface area is 344 Å². The molecule has 0 aromatic heterocycles. The third kappa shape index (κ3) is 7.16. The molecule has 0 aliphatic carbocycles. The van der Waals surface area contributed by atoms with Gasteiger partial charge in [-0.05, 0) is 169 Å². The fourth-order valence-corrected chi connectivity index (χ4v) is 8.78. The molecule has 0 aliphatic rings. The quantitative estimate of drug-likeness (QED) is 0.149. The van der Waals surface area contributed by atoms with Gasteiger partial charge in [-0.3, -0.25) is 0 Å². The zero-order chi connectivity index (χ0) is 40.1. The zero-order valence-corrected chi connectivity index (χ0v) is 34.7. The molecule has 0 amide bonds. The van der Waals surface area contributed by atoms with Crippen molar-refractivity contribution in [3.05, 3.63) is 204 Å². The number of benzene rings is 9. The van der Waals surface area contributed by atoms with Crippen molar-refractivity contribution in [1.82, 2.24) is 0 Å². The normalized spacial score (nSPS) is 11.7. The van der Waals surface area contributed by atoms with E-state index in [4.69, 9.17) is 0 Å². The number of fused-ring (bicyclic) bond motifs is 2. The van der Waals surface area contributed by atoms with E-state index in [-0.39, 0.29) is 5.41 Å². The number of hydrogen-bond acceptors (Lipinski definition) is 0. The lowest BCUT2D eigenvalue weighted by Crippen LogP contribution is -2.10. The fraction of sp³-hybridized carbons (Fsp3) is 0.138. The van der Waals surface area contributed by atoms with Gasteiger partial charge in [0.15, 0.2) is 0 Å². The van der Waals surface area contributed by atoms with Gasteiger partial charge in [0.1, 0.15) is 0 Å². The van der Waals surface area contributed by atoms with Crippen LogP contribution >= 0.6 is 0 Å². The highest BCUT2D eigenvalue weighted by molar-refractivity contribution is 6.22. The molecule has 0 saturated heterocycles. The summed E-state index contributed by atoms with van der Waals surface area (Å²) in [6.45, 7) is 15.7. The van der Waals surface area contributed by atoms with Crippen LogP contribution in [0, 0.1) is 27.7 Å². The molecular formula is C58H50. The maximum Gasteiger partial charge on any atom is -0.00258 e. The van der Waals surface area contributed by atoms with Crippen molar-refractivity contribution >= 4 is 21.5 Å². The Morgan fingerprint density at radius 1 is 0.259 bits per heavy atom. The summed E-state index contributed by atoms with van der Waals surface area (Å²) in [4.78, 5) is 0. The van der Waals surface area contributed by atoms with E-state index in [9.17, 15) is 0 Å². The molecule has 0 aliphatic heterocycles. The van der Waals surface area contributed by atoms with E-state index < -0.39 is 0 Å². The molecule has 0 unspecified atom stereocenters. The van der Waals surface area contributed by atoms with Crippen LogP contribution < -0.4 is 0 Å². The average Bonchev–Trinajstić information content (AvgIpc) is 3.22. The minimum atomic E-state index is -0.0309. The first-order valence-electron chi connectivity index (χ1n) is 20.6. The van der Waals surface area contributed by atoms with E-state index >= 15 is 0 Å². The molecule has 0 fully saturated rings. The van der Waals surface area contributed by atoms with Crippen molar-refractivity contribution in [3.63, 3.8) is 0 Å². The van der Waals surface area contributed by atoms with Crippen molar-refractivity contribution in [3.8, 4) is 66.8 Å². The molecule has 0 heterocycles. The lowest BCUT2D eigenvalue weighted by atomic mass is 9.80. The Kier molecular flexibility index (Phi) is 9.45. The van der Waals surface area contributed by atoms with Crippen LogP contribution in [0.1, 0.15) is 48.6 Å². The Hall–Kier alpha value is -6.50. The fourth-order valence-electron chi connectivity index (χ4n) is 8.78. The van der Waals surface area contributed by atoms with Gasteiger partial charge in [0.05, 0.1) is 0 Å². The van der Waals surface area contributed by atoms with Gasteiger partial charge in [-0.15, -0.1) is 0 Å². The molecule has 0 spiro atoms. The molecule has 282 valence electrons. The van der Waals surface area contributed by atoms with Gasteiger partial charge in [-0.2, -0.15) is 0 Å². The molecule has 58 heavy (non-hydrogen) atoms. The predicted molar refractivity (Wildman–Crippen MR) is 252 cm³/mol. The summed E-state index contributed by atoms with van der Waals surface area (Å²) in [6, 6.07) is 66.4. The van der Waals surface area contributed by atoms with E-state index in [1.165, 1.54) is 116 Å². The predicted octanol–water partition coefficient (Wildman–Crippen LogP) is 16.5. The van der Waals surface area contributed by atoms with Crippen molar-refractivity contribution < 1.29 is 0 Å². The van der Waals surface area contributed by atoms with E-state index in [0.29, 0.717) is 0 Å². The third-order valence-electron chi connectivity index (χ3n) is 11.7. The first kappa shape index (κ1) is 37.1. The van der Waals surface area contributed by atoms with Gasteiger partial charge in [0.25, 0.3) is 0 Å². The van der Waals surface area contributed by atoms with Crippen molar-refractivity contribution in [2.24, 2.45) is 0 Å². The van der Waals surface area contributed by atoms with Crippen LogP contribution in [0.4, 0.5) is 0 Å². The van der Waals surface area contributed by atoms with Crippen molar-refractivity contribution in [2.45, 2.75) is 53.9 Å². The van der Waals surface area contributed by atoms with Gasteiger partial charge in [0, 0.05) is 0 Å². The SMILES string of the molecule is Cc1cccc(-c2cc(-c3cccc(C)c3)cc(-c3c4ccccc4c(-c4cc(-c5cccc(C)c5)cc(-c5cccc(C)c5)c4)c4cc(C(C)(C)C)ccc34)c2)c1. The Morgan fingerprint density at radius 3 is 0.931 bits per heavy atom. The number of hydrogen-bond donors (Lipinski definition) is 0. The third-order valence-corrected chi connectivity index (χ3v) is 11.7. The van der Waals surface area contributed by atoms with E-state index in [1.807, 2.05) is 0 Å². The summed E-state index contributed by atoms with van der Waals surface area (Å²) in [5.74, 6) is 0. The molecule has 0 bridgehead atoms. The minimum Gasteiger partial charge on any atom is -0.0616 e. The van der Waals surface area contributed by atoms with Crippen molar-refractivity contribution in [2.75, 3.05) is 0 Å². The summed E-state index contributed by atoms with van der Waals surface area (Å²) in [6.07, 6.45) is 0. The van der Waals surface area contributed by atoms with Crippen LogP contribution in [0.3, 0.4) is 0 Å². The second kappa shape index (κ2) is 14.8.